The molecule has 4 heterocycles. The van der Waals surface area contributed by atoms with Gasteiger partial charge in [0.25, 0.3) is 5.91 Å². The number of halogens is 1. The Morgan fingerprint density at radius 2 is 2.38 bits per heavy atom. The highest BCUT2D eigenvalue weighted by atomic mass is 35.5. The highest BCUT2D eigenvalue weighted by Crippen LogP contribution is 2.34. The molecular weight excluding hydrogens is 346 g/mol. The van der Waals surface area contributed by atoms with Crippen LogP contribution in [-0.2, 0) is 0 Å². The summed E-state index contributed by atoms with van der Waals surface area (Å²) in [7, 11) is 0. The van der Waals surface area contributed by atoms with Gasteiger partial charge in [-0.2, -0.15) is 5.10 Å². The number of thiazole rings is 1. The van der Waals surface area contributed by atoms with Crippen LogP contribution in [0.5, 0.6) is 0 Å². The monoisotopic (exact) mass is 361 g/mol. The van der Waals surface area contributed by atoms with Gasteiger partial charge in [-0.1, -0.05) is 29.0 Å². The van der Waals surface area contributed by atoms with Gasteiger partial charge in [0.2, 0.25) is 0 Å². The van der Waals surface area contributed by atoms with Crippen LogP contribution in [0.2, 0.25) is 4.34 Å². The number of piperidine rings is 1. The summed E-state index contributed by atoms with van der Waals surface area (Å²) in [6.07, 6.45) is 5.64. The topological polar surface area (TPSA) is 71.3 Å². The van der Waals surface area contributed by atoms with Crippen molar-refractivity contribution in [2.24, 2.45) is 0 Å². The third-order valence-corrected chi connectivity index (χ3v) is 5.35. The predicted molar refractivity (Wildman–Crippen MR) is 94.7 cm³/mol. The molecule has 0 aliphatic carbocycles. The number of aromatic nitrogens is 3. The zero-order chi connectivity index (χ0) is 16.5. The number of rotatable bonds is 3. The van der Waals surface area contributed by atoms with Gasteiger partial charge in [0.15, 0.2) is 5.01 Å². The summed E-state index contributed by atoms with van der Waals surface area (Å²) in [5.74, 6) is -0.168. The SMILES string of the molecule is O=C(NC1CCCNC1)c1nc(-c2cnn3ccccc23)c(Cl)s1. The number of hydrogen-bond acceptors (Lipinski definition) is 5. The third-order valence-electron chi connectivity index (χ3n) is 4.09. The summed E-state index contributed by atoms with van der Waals surface area (Å²) in [6, 6.07) is 5.94. The van der Waals surface area contributed by atoms with Crippen molar-refractivity contribution in [3.8, 4) is 11.3 Å². The molecule has 1 amide bonds. The van der Waals surface area contributed by atoms with E-state index in [1.165, 1.54) is 11.3 Å². The van der Waals surface area contributed by atoms with Crippen LogP contribution in [0.1, 0.15) is 22.6 Å². The number of carbonyl (C=O) groups is 1. The lowest BCUT2D eigenvalue weighted by atomic mass is 10.1. The molecule has 24 heavy (non-hydrogen) atoms. The van der Waals surface area contributed by atoms with E-state index >= 15 is 0 Å². The first-order chi connectivity index (χ1) is 11.7. The summed E-state index contributed by atoms with van der Waals surface area (Å²) in [4.78, 5) is 16.9. The maximum absolute atomic E-state index is 12.4. The molecule has 1 unspecified atom stereocenters. The molecule has 0 aromatic carbocycles. The van der Waals surface area contributed by atoms with E-state index in [1.54, 1.807) is 10.7 Å². The van der Waals surface area contributed by atoms with E-state index in [-0.39, 0.29) is 11.9 Å². The molecule has 124 valence electrons. The van der Waals surface area contributed by atoms with E-state index in [2.05, 4.69) is 20.7 Å². The second-order valence-corrected chi connectivity index (χ2v) is 7.35. The Morgan fingerprint density at radius 1 is 1.46 bits per heavy atom. The molecule has 1 fully saturated rings. The van der Waals surface area contributed by atoms with Crippen molar-refractivity contribution in [3.05, 3.63) is 39.9 Å². The van der Waals surface area contributed by atoms with Gasteiger partial charge in [-0.15, -0.1) is 0 Å². The Balaban J connectivity index is 1.61. The quantitative estimate of drug-likeness (QED) is 0.752. The normalized spacial score (nSPS) is 18.0. The van der Waals surface area contributed by atoms with Crippen molar-refractivity contribution >= 4 is 34.4 Å². The first-order valence-corrected chi connectivity index (χ1v) is 9.02. The molecule has 6 nitrogen and oxygen atoms in total. The van der Waals surface area contributed by atoms with E-state index in [0.29, 0.717) is 15.0 Å². The largest absolute Gasteiger partial charge is 0.346 e. The molecule has 0 saturated carbocycles. The van der Waals surface area contributed by atoms with E-state index in [9.17, 15) is 4.79 Å². The zero-order valence-electron chi connectivity index (χ0n) is 12.8. The molecule has 4 rings (SSSR count). The van der Waals surface area contributed by atoms with Crippen LogP contribution in [-0.4, -0.2) is 39.6 Å². The minimum absolute atomic E-state index is 0.148. The molecule has 1 saturated heterocycles. The summed E-state index contributed by atoms with van der Waals surface area (Å²) >= 11 is 7.55. The second-order valence-electron chi connectivity index (χ2n) is 5.75. The fourth-order valence-electron chi connectivity index (χ4n) is 2.90. The predicted octanol–water partition coefficient (Wildman–Crippen LogP) is 2.59. The van der Waals surface area contributed by atoms with Gasteiger partial charge in [-0.25, -0.2) is 9.50 Å². The number of hydrogen-bond donors (Lipinski definition) is 2. The Hall–Kier alpha value is -1.96. The van der Waals surface area contributed by atoms with Crippen molar-refractivity contribution < 1.29 is 4.79 Å². The van der Waals surface area contributed by atoms with Gasteiger partial charge in [0.05, 0.1) is 11.7 Å². The van der Waals surface area contributed by atoms with Gasteiger partial charge < -0.3 is 10.6 Å². The number of fused-ring (bicyclic) bond motifs is 1. The van der Waals surface area contributed by atoms with E-state index < -0.39 is 0 Å². The summed E-state index contributed by atoms with van der Waals surface area (Å²) in [5.41, 5.74) is 2.35. The van der Waals surface area contributed by atoms with Crippen LogP contribution in [0, 0.1) is 0 Å². The van der Waals surface area contributed by atoms with Crippen LogP contribution in [0.3, 0.4) is 0 Å². The molecule has 1 aliphatic rings. The lowest BCUT2D eigenvalue weighted by molar-refractivity contribution is 0.0930. The molecule has 0 radical (unpaired) electrons. The molecule has 8 heteroatoms. The van der Waals surface area contributed by atoms with Crippen molar-refractivity contribution in [1.82, 2.24) is 25.2 Å². The minimum Gasteiger partial charge on any atom is -0.346 e. The maximum Gasteiger partial charge on any atom is 0.280 e. The highest BCUT2D eigenvalue weighted by Gasteiger charge is 2.22. The first kappa shape index (κ1) is 15.6. The van der Waals surface area contributed by atoms with Gasteiger partial charge in [-0.3, -0.25) is 4.79 Å². The molecule has 3 aromatic rings. The Morgan fingerprint density at radius 3 is 3.21 bits per heavy atom. The van der Waals surface area contributed by atoms with Crippen molar-refractivity contribution in [3.63, 3.8) is 0 Å². The summed E-state index contributed by atoms with van der Waals surface area (Å²) in [6.45, 7) is 1.81. The third kappa shape index (κ3) is 2.90. The van der Waals surface area contributed by atoms with E-state index in [0.717, 1.165) is 37.0 Å². The number of pyridine rings is 1. The summed E-state index contributed by atoms with van der Waals surface area (Å²) in [5, 5.41) is 11.0. The van der Waals surface area contributed by atoms with E-state index in [4.69, 9.17) is 11.6 Å². The van der Waals surface area contributed by atoms with Gasteiger partial charge in [0.1, 0.15) is 10.0 Å². The molecule has 0 spiro atoms. The first-order valence-electron chi connectivity index (χ1n) is 7.83. The van der Waals surface area contributed by atoms with Crippen LogP contribution >= 0.6 is 22.9 Å². The lowest BCUT2D eigenvalue weighted by Gasteiger charge is -2.23. The van der Waals surface area contributed by atoms with Crippen LogP contribution in [0.15, 0.2) is 30.6 Å². The van der Waals surface area contributed by atoms with Crippen molar-refractivity contribution in [1.29, 1.82) is 0 Å². The number of carbonyl (C=O) groups excluding carboxylic acids is 1. The standard InChI is InChI=1S/C16H16ClN5OS/c17-14-13(11-9-19-22-7-2-1-5-12(11)22)21-16(24-14)15(23)20-10-4-3-6-18-8-10/h1-2,5,7,9-10,18H,3-4,6,8H2,(H,20,23). The number of amides is 1. The highest BCUT2D eigenvalue weighted by molar-refractivity contribution is 7.18. The molecule has 2 N–H and O–H groups in total. The molecule has 1 aliphatic heterocycles. The van der Waals surface area contributed by atoms with Crippen molar-refractivity contribution in [2.75, 3.05) is 13.1 Å². The number of nitrogens with zero attached hydrogens (tertiary/aromatic N) is 3. The van der Waals surface area contributed by atoms with Crippen LogP contribution in [0.4, 0.5) is 0 Å². The molecular formula is C16H16ClN5OS. The van der Waals surface area contributed by atoms with Crippen LogP contribution in [0.25, 0.3) is 16.8 Å². The fourth-order valence-corrected chi connectivity index (χ4v) is 3.98. The molecule has 0 bridgehead atoms. The molecule has 1 atom stereocenters. The Labute approximate surface area is 147 Å². The van der Waals surface area contributed by atoms with Gasteiger partial charge >= 0.3 is 0 Å². The Kier molecular flexibility index (Phi) is 4.22. The van der Waals surface area contributed by atoms with Gasteiger partial charge in [0, 0.05) is 24.3 Å². The smallest absolute Gasteiger partial charge is 0.280 e. The van der Waals surface area contributed by atoms with Gasteiger partial charge in [-0.05, 0) is 31.5 Å². The molecule has 3 aromatic heterocycles. The lowest BCUT2D eigenvalue weighted by Crippen LogP contribution is -2.45. The minimum atomic E-state index is -0.168. The van der Waals surface area contributed by atoms with Crippen molar-refractivity contribution in [2.45, 2.75) is 18.9 Å². The average molecular weight is 362 g/mol. The summed E-state index contributed by atoms with van der Waals surface area (Å²) < 4.78 is 2.26. The zero-order valence-corrected chi connectivity index (χ0v) is 14.4. The number of nitrogens with one attached hydrogen (secondary N) is 2. The second kappa shape index (κ2) is 6.51. The fraction of sp³-hybridized carbons (Fsp3) is 0.312. The Bertz CT molecular complexity index is 884. The van der Waals surface area contributed by atoms with Crippen LogP contribution < -0.4 is 10.6 Å². The average Bonchev–Trinajstić information content (AvgIpc) is 3.19. The maximum atomic E-state index is 12.4. The van der Waals surface area contributed by atoms with E-state index in [1.807, 2.05) is 24.4 Å².